The lowest BCUT2D eigenvalue weighted by atomic mass is 9.84. The van der Waals surface area contributed by atoms with E-state index in [0.717, 1.165) is 29.8 Å². The van der Waals surface area contributed by atoms with Crippen LogP contribution in [-0.2, 0) is 17.7 Å². The third kappa shape index (κ3) is 4.05. The van der Waals surface area contributed by atoms with E-state index in [1.54, 1.807) is 11.7 Å². The molecule has 30 heavy (non-hydrogen) atoms. The van der Waals surface area contributed by atoms with E-state index in [0.29, 0.717) is 31.1 Å². The molecule has 0 aliphatic carbocycles. The predicted molar refractivity (Wildman–Crippen MR) is 113 cm³/mol. The lowest BCUT2D eigenvalue weighted by molar-refractivity contribution is 0.185. The van der Waals surface area contributed by atoms with Gasteiger partial charge in [-0.15, -0.1) is 0 Å². The molecule has 0 fully saturated rings. The molecule has 1 atom stereocenters. The second-order valence-electron chi connectivity index (χ2n) is 7.04. The van der Waals surface area contributed by atoms with Crippen molar-refractivity contribution in [2.75, 3.05) is 20.3 Å². The maximum Gasteiger partial charge on any atom is 0.258 e. The molecular formula is C23H27N3O4. The number of methoxy groups -OCH3 is 1. The SMILES string of the molecule is CCCc1cc2c(c(=O)n1CCOC)C(c1ccc(OCC)cc1)C(C#N)=C(N)O2. The highest BCUT2D eigenvalue weighted by molar-refractivity contribution is 5.55. The van der Waals surface area contributed by atoms with Crippen molar-refractivity contribution in [2.24, 2.45) is 5.73 Å². The van der Waals surface area contributed by atoms with Gasteiger partial charge in [-0.25, -0.2) is 0 Å². The first-order chi connectivity index (χ1) is 14.5. The molecule has 0 radical (unpaired) electrons. The van der Waals surface area contributed by atoms with E-state index >= 15 is 0 Å². The van der Waals surface area contributed by atoms with Crippen LogP contribution in [0.15, 0.2) is 46.6 Å². The van der Waals surface area contributed by atoms with Crippen molar-refractivity contribution in [2.45, 2.75) is 39.2 Å². The molecule has 1 aromatic carbocycles. The number of ether oxygens (including phenoxy) is 3. The monoisotopic (exact) mass is 409 g/mol. The van der Waals surface area contributed by atoms with E-state index in [2.05, 4.69) is 13.0 Å². The summed E-state index contributed by atoms with van der Waals surface area (Å²) in [5.41, 5.74) is 8.18. The van der Waals surface area contributed by atoms with Gasteiger partial charge in [-0.2, -0.15) is 5.26 Å². The molecule has 1 aliphatic rings. The van der Waals surface area contributed by atoms with Crippen molar-refractivity contribution >= 4 is 0 Å². The lowest BCUT2D eigenvalue weighted by Crippen LogP contribution is -2.34. The Morgan fingerprint density at radius 3 is 2.60 bits per heavy atom. The van der Waals surface area contributed by atoms with Gasteiger partial charge in [0.05, 0.1) is 24.7 Å². The first-order valence-corrected chi connectivity index (χ1v) is 10.1. The van der Waals surface area contributed by atoms with Crippen LogP contribution in [0.1, 0.15) is 43.0 Å². The molecule has 0 spiro atoms. The van der Waals surface area contributed by atoms with Crippen LogP contribution in [0, 0.1) is 11.3 Å². The fourth-order valence-corrected chi connectivity index (χ4v) is 3.77. The quantitative estimate of drug-likeness (QED) is 0.719. The molecule has 3 rings (SSSR count). The summed E-state index contributed by atoms with van der Waals surface area (Å²) in [7, 11) is 1.60. The van der Waals surface area contributed by atoms with E-state index in [9.17, 15) is 10.1 Å². The van der Waals surface area contributed by atoms with Crippen LogP contribution in [0.4, 0.5) is 0 Å². The fourth-order valence-electron chi connectivity index (χ4n) is 3.77. The predicted octanol–water partition coefficient (Wildman–Crippen LogP) is 3.06. The number of pyridine rings is 1. The molecule has 2 aromatic rings. The Morgan fingerprint density at radius 1 is 1.27 bits per heavy atom. The summed E-state index contributed by atoms with van der Waals surface area (Å²) in [5, 5.41) is 9.78. The number of benzene rings is 1. The van der Waals surface area contributed by atoms with Gasteiger partial charge in [0.1, 0.15) is 23.1 Å². The zero-order valence-electron chi connectivity index (χ0n) is 17.6. The van der Waals surface area contributed by atoms with Crippen LogP contribution in [0.3, 0.4) is 0 Å². The van der Waals surface area contributed by atoms with Gasteiger partial charge in [0.25, 0.3) is 5.56 Å². The van der Waals surface area contributed by atoms with Gasteiger partial charge < -0.3 is 24.5 Å². The normalized spacial score (nSPS) is 15.3. The minimum atomic E-state index is -0.605. The summed E-state index contributed by atoms with van der Waals surface area (Å²) in [6, 6.07) is 11.4. The number of allylic oxidation sites excluding steroid dienone is 1. The molecule has 1 aliphatic heterocycles. The summed E-state index contributed by atoms with van der Waals surface area (Å²) < 4.78 is 18.2. The molecule has 7 nitrogen and oxygen atoms in total. The van der Waals surface area contributed by atoms with Gasteiger partial charge in [0.2, 0.25) is 5.88 Å². The number of aryl methyl sites for hydroxylation is 1. The third-order valence-corrected chi connectivity index (χ3v) is 5.12. The number of nitrogens with two attached hydrogens (primary N) is 1. The van der Waals surface area contributed by atoms with Crippen molar-refractivity contribution in [1.29, 1.82) is 5.26 Å². The molecule has 0 saturated carbocycles. The molecule has 1 unspecified atom stereocenters. The van der Waals surface area contributed by atoms with Crippen LogP contribution in [0.2, 0.25) is 0 Å². The van der Waals surface area contributed by atoms with Gasteiger partial charge in [0, 0.05) is 25.4 Å². The van der Waals surface area contributed by atoms with Crippen LogP contribution in [-0.4, -0.2) is 24.9 Å². The minimum absolute atomic E-state index is 0.0281. The third-order valence-electron chi connectivity index (χ3n) is 5.12. The molecule has 0 saturated heterocycles. The molecule has 1 aromatic heterocycles. The van der Waals surface area contributed by atoms with Crippen molar-refractivity contribution in [1.82, 2.24) is 4.57 Å². The largest absolute Gasteiger partial charge is 0.494 e. The number of nitriles is 1. The Labute approximate surface area is 176 Å². The Kier molecular flexibility index (Phi) is 6.80. The second kappa shape index (κ2) is 9.51. The number of hydrogen-bond acceptors (Lipinski definition) is 6. The summed E-state index contributed by atoms with van der Waals surface area (Å²) in [6.45, 7) is 5.36. The highest BCUT2D eigenvalue weighted by Crippen LogP contribution is 2.41. The van der Waals surface area contributed by atoms with Crippen LogP contribution < -0.4 is 20.8 Å². The maximum atomic E-state index is 13.6. The smallest absolute Gasteiger partial charge is 0.258 e. The molecule has 2 N–H and O–H groups in total. The van der Waals surface area contributed by atoms with E-state index in [-0.39, 0.29) is 17.0 Å². The zero-order chi connectivity index (χ0) is 21.7. The fraction of sp³-hybridized carbons (Fsp3) is 0.391. The van der Waals surface area contributed by atoms with E-state index in [4.69, 9.17) is 19.9 Å². The molecule has 158 valence electrons. The summed E-state index contributed by atoms with van der Waals surface area (Å²) in [6.07, 6.45) is 1.60. The first kappa shape index (κ1) is 21.5. The summed E-state index contributed by atoms with van der Waals surface area (Å²) >= 11 is 0. The Morgan fingerprint density at radius 2 is 2.00 bits per heavy atom. The Bertz CT molecular complexity index is 1030. The van der Waals surface area contributed by atoms with Crippen molar-refractivity contribution in [3.63, 3.8) is 0 Å². The number of hydrogen-bond donors (Lipinski definition) is 1. The van der Waals surface area contributed by atoms with Gasteiger partial charge in [-0.3, -0.25) is 4.79 Å². The van der Waals surface area contributed by atoms with Crippen molar-refractivity contribution < 1.29 is 14.2 Å². The Hall–Kier alpha value is -3.24. The summed E-state index contributed by atoms with van der Waals surface area (Å²) in [4.78, 5) is 13.6. The highest BCUT2D eigenvalue weighted by atomic mass is 16.5. The number of fused-ring (bicyclic) bond motifs is 1. The van der Waals surface area contributed by atoms with Crippen LogP contribution in [0.5, 0.6) is 11.5 Å². The van der Waals surface area contributed by atoms with E-state index in [1.165, 1.54) is 0 Å². The minimum Gasteiger partial charge on any atom is -0.494 e. The number of aromatic nitrogens is 1. The first-order valence-electron chi connectivity index (χ1n) is 10.1. The molecular weight excluding hydrogens is 382 g/mol. The van der Waals surface area contributed by atoms with Crippen molar-refractivity contribution in [3.8, 4) is 17.6 Å². The van der Waals surface area contributed by atoms with Crippen LogP contribution >= 0.6 is 0 Å². The lowest BCUT2D eigenvalue weighted by Gasteiger charge is -2.28. The van der Waals surface area contributed by atoms with E-state index < -0.39 is 5.92 Å². The number of nitrogens with zero attached hydrogens (tertiary/aromatic N) is 2. The molecule has 2 heterocycles. The van der Waals surface area contributed by atoms with Gasteiger partial charge in [-0.05, 0) is 31.0 Å². The average molecular weight is 409 g/mol. The maximum absolute atomic E-state index is 13.6. The standard InChI is InChI=1S/C23H27N3O4/c1-4-6-16-13-19-21(23(27)26(16)11-12-28-3)20(18(14-24)22(25)30-19)15-7-9-17(10-8-15)29-5-2/h7-10,13,20H,4-6,11-12,25H2,1-3H3. The van der Waals surface area contributed by atoms with Gasteiger partial charge in [-0.1, -0.05) is 25.5 Å². The van der Waals surface area contributed by atoms with E-state index in [1.807, 2.05) is 37.3 Å². The topological polar surface area (TPSA) is 99.5 Å². The Balaban J connectivity index is 2.20. The average Bonchev–Trinajstić information content (AvgIpc) is 2.74. The van der Waals surface area contributed by atoms with Gasteiger partial charge in [0.15, 0.2) is 0 Å². The molecule has 0 bridgehead atoms. The van der Waals surface area contributed by atoms with Crippen LogP contribution in [0.25, 0.3) is 0 Å². The summed E-state index contributed by atoms with van der Waals surface area (Å²) in [5.74, 6) is 0.555. The zero-order valence-corrected chi connectivity index (χ0v) is 17.6. The highest BCUT2D eigenvalue weighted by Gasteiger charge is 2.34. The van der Waals surface area contributed by atoms with Crippen molar-refractivity contribution in [3.05, 3.63) is 69.0 Å². The van der Waals surface area contributed by atoms with Gasteiger partial charge >= 0.3 is 0 Å². The molecule has 7 heteroatoms. The molecule has 0 amide bonds. The second-order valence-corrected chi connectivity index (χ2v) is 7.04. The number of rotatable bonds is 8.